The van der Waals surface area contributed by atoms with Crippen LogP contribution in [-0.4, -0.2) is 18.5 Å². The van der Waals surface area contributed by atoms with Crippen LogP contribution in [0.25, 0.3) is 0 Å². The third-order valence-corrected chi connectivity index (χ3v) is 3.85. The number of anilines is 1. The summed E-state index contributed by atoms with van der Waals surface area (Å²) in [6.45, 7) is 7.28. The average molecular weight is 260 g/mol. The first-order valence-corrected chi connectivity index (χ1v) is 7.20. The molecule has 19 heavy (non-hydrogen) atoms. The first kappa shape index (κ1) is 14.1. The second kappa shape index (κ2) is 6.20. The zero-order valence-electron chi connectivity index (χ0n) is 12.1. The molecule has 2 unspecified atom stereocenters. The topological polar surface area (TPSA) is 41.1 Å². The van der Waals surface area contributed by atoms with E-state index in [0.29, 0.717) is 12.0 Å². The minimum absolute atomic E-state index is 0.0962. The molecule has 1 fully saturated rings. The van der Waals surface area contributed by atoms with Gasteiger partial charge in [-0.3, -0.25) is 4.79 Å². The Labute approximate surface area is 115 Å². The highest BCUT2D eigenvalue weighted by Gasteiger charge is 2.23. The first-order valence-electron chi connectivity index (χ1n) is 7.20. The highest BCUT2D eigenvalue weighted by atomic mass is 16.1. The Morgan fingerprint density at radius 2 is 2.16 bits per heavy atom. The van der Waals surface area contributed by atoms with Gasteiger partial charge in [0.2, 0.25) is 5.91 Å². The molecule has 1 aromatic carbocycles. The van der Waals surface area contributed by atoms with Crippen molar-refractivity contribution in [3.63, 3.8) is 0 Å². The summed E-state index contributed by atoms with van der Waals surface area (Å²) < 4.78 is 0. The second-order valence-corrected chi connectivity index (χ2v) is 5.85. The summed E-state index contributed by atoms with van der Waals surface area (Å²) in [4.78, 5) is 12.2. The number of piperidine rings is 1. The molecule has 1 heterocycles. The minimum atomic E-state index is 0.0962. The molecule has 0 saturated carbocycles. The average Bonchev–Trinajstić information content (AvgIpc) is 2.39. The first-order chi connectivity index (χ1) is 9.06. The van der Waals surface area contributed by atoms with Gasteiger partial charge in [0.05, 0.1) is 5.92 Å². The van der Waals surface area contributed by atoms with Gasteiger partial charge in [-0.1, -0.05) is 26.0 Å². The molecule has 0 bridgehead atoms. The van der Waals surface area contributed by atoms with Crippen molar-refractivity contribution in [2.75, 3.05) is 11.9 Å². The van der Waals surface area contributed by atoms with E-state index in [2.05, 4.69) is 43.5 Å². The SMILES string of the molecule is CC1CCC(C(=O)Nc2cccc(C(C)C)c2)CN1. The molecule has 1 saturated heterocycles. The van der Waals surface area contributed by atoms with Crippen LogP contribution in [0.4, 0.5) is 5.69 Å². The standard InChI is InChI=1S/C16H24N2O/c1-11(2)13-5-4-6-15(9-13)18-16(19)14-8-7-12(3)17-10-14/h4-6,9,11-12,14,17H,7-8,10H2,1-3H3,(H,18,19). The van der Waals surface area contributed by atoms with Crippen molar-refractivity contribution in [2.24, 2.45) is 5.92 Å². The Bertz CT molecular complexity index is 434. The van der Waals surface area contributed by atoms with Crippen LogP contribution in [0.15, 0.2) is 24.3 Å². The number of benzene rings is 1. The molecule has 0 spiro atoms. The van der Waals surface area contributed by atoms with Crippen molar-refractivity contribution in [1.29, 1.82) is 0 Å². The van der Waals surface area contributed by atoms with E-state index < -0.39 is 0 Å². The van der Waals surface area contributed by atoms with Crippen LogP contribution < -0.4 is 10.6 Å². The maximum absolute atomic E-state index is 12.2. The van der Waals surface area contributed by atoms with Gasteiger partial charge in [-0.15, -0.1) is 0 Å². The van der Waals surface area contributed by atoms with Crippen molar-refractivity contribution < 1.29 is 4.79 Å². The predicted molar refractivity (Wildman–Crippen MR) is 79.3 cm³/mol. The van der Waals surface area contributed by atoms with Gasteiger partial charge in [-0.25, -0.2) is 0 Å². The molecule has 1 amide bonds. The number of carbonyl (C=O) groups excluding carboxylic acids is 1. The highest BCUT2D eigenvalue weighted by Crippen LogP contribution is 2.20. The minimum Gasteiger partial charge on any atom is -0.326 e. The number of rotatable bonds is 3. The molecule has 2 N–H and O–H groups in total. The molecule has 1 aromatic rings. The largest absolute Gasteiger partial charge is 0.326 e. The monoisotopic (exact) mass is 260 g/mol. The molecule has 104 valence electrons. The molecule has 1 aliphatic heterocycles. The third-order valence-electron chi connectivity index (χ3n) is 3.85. The van der Waals surface area contributed by atoms with E-state index in [9.17, 15) is 4.79 Å². The van der Waals surface area contributed by atoms with Gasteiger partial charge in [-0.05, 0) is 43.4 Å². The lowest BCUT2D eigenvalue weighted by Gasteiger charge is -2.26. The van der Waals surface area contributed by atoms with Gasteiger partial charge < -0.3 is 10.6 Å². The van der Waals surface area contributed by atoms with Crippen LogP contribution in [0.1, 0.15) is 45.1 Å². The maximum atomic E-state index is 12.2. The molecule has 3 nitrogen and oxygen atoms in total. The molecular weight excluding hydrogens is 236 g/mol. The zero-order chi connectivity index (χ0) is 13.8. The van der Waals surface area contributed by atoms with Gasteiger partial charge >= 0.3 is 0 Å². The van der Waals surface area contributed by atoms with E-state index in [1.54, 1.807) is 0 Å². The van der Waals surface area contributed by atoms with E-state index in [1.165, 1.54) is 5.56 Å². The molecular formula is C16H24N2O. The molecule has 3 heteroatoms. The lowest BCUT2D eigenvalue weighted by atomic mass is 9.94. The zero-order valence-corrected chi connectivity index (χ0v) is 12.1. The fourth-order valence-electron chi connectivity index (χ4n) is 2.44. The Morgan fingerprint density at radius 3 is 2.79 bits per heavy atom. The fraction of sp³-hybridized carbons (Fsp3) is 0.562. The van der Waals surface area contributed by atoms with E-state index in [-0.39, 0.29) is 11.8 Å². The summed E-state index contributed by atoms with van der Waals surface area (Å²) >= 11 is 0. The Morgan fingerprint density at radius 1 is 1.37 bits per heavy atom. The Kier molecular flexibility index (Phi) is 4.59. The van der Waals surface area contributed by atoms with Crippen LogP contribution in [0.2, 0.25) is 0 Å². The van der Waals surface area contributed by atoms with E-state index in [1.807, 2.05) is 12.1 Å². The number of nitrogens with one attached hydrogen (secondary N) is 2. The summed E-state index contributed by atoms with van der Waals surface area (Å²) in [5.74, 6) is 0.716. The van der Waals surface area contributed by atoms with Crippen molar-refractivity contribution in [3.8, 4) is 0 Å². The van der Waals surface area contributed by atoms with Crippen molar-refractivity contribution in [1.82, 2.24) is 5.32 Å². The van der Waals surface area contributed by atoms with Gasteiger partial charge in [0.25, 0.3) is 0 Å². The van der Waals surface area contributed by atoms with E-state index >= 15 is 0 Å². The van der Waals surface area contributed by atoms with Gasteiger partial charge in [0.1, 0.15) is 0 Å². The lowest BCUT2D eigenvalue weighted by molar-refractivity contribution is -0.120. The summed E-state index contributed by atoms with van der Waals surface area (Å²) in [6, 6.07) is 8.67. The van der Waals surface area contributed by atoms with Gasteiger partial charge in [0, 0.05) is 18.3 Å². The summed E-state index contributed by atoms with van der Waals surface area (Å²) in [5.41, 5.74) is 2.17. The molecule has 2 atom stereocenters. The lowest BCUT2D eigenvalue weighted by Crippen LogP contribution is -2.41. The number of amides is 1. The number of hydrogen-bond donors (Lipinski definition) is 2. The maximum Gasteiger partial charge on any atom is 0.228 e. The number of carbonyl (C=O) groups is 1. The summed E-state index contributed by atoms with van der Waals surface area (Å²) in [5, 5.41) is 6.41. The van der Waals surface area contributed by atoms with Crippen LogP contribution in [-0.2, 0) is 4.79 Å². The normalized spacial score (nSPS) is 23.4. The van der Waals surface area contributed by atoms with Crippen LogP contribution in [0.3, 0.4) is 0 Å². The van der Waals surface area contributed by atoms with E-state index in [4.69, 9.17) is 0 Å². The molecule has 0 radical (unpaired) electrons. The molecule has 0 aromatic heterocycles. The van der Waals surface area contributed by atoms with Crippen LogP contribution >= 0.6 is 0 Å². The smallest absolute Gasteiger partial charge is 0.228 e. The van der Waals surface area contributed by atoms with Crippen LogP contribution in [0, 0.1) is 5.92 Å². The molecule has 1 aliphatic rings. The second-order valence-electron chi connectivity index (χ2n) is 5.85. The predicted octanol–water partition coefficient (Wildman–Crippen LogP) is 3.14. The summed E-state index contributed by atoms with van der Waals surface area (Å²) in [7, 11) is 0. The van der Waals surface area contributed by atoms with Crippen molar-refractivity contribution >= 4 is 11.6 Å². The number of hydrogen-bond acceptors (Lipinski definition) is 2. The Balaban J connectivity index is 1.97. The Hall–Kier alpha value is -1.35. The molecule has 0 aliphatic carbocycles. The van der Waals surface area contributed by atoms with E-state index in [0.717, 1.165) is 25.1 Å². The highest BCUT2D eigenvalue weighted by molar-refractivity contribution is 5.92. The van der Waals surface area contributed by atoms with Crippen LogP contribution in [0.5, 0.6) is 0 Å². The third kappa shape index (κ3) is 3.80. The van der Waals surface area contributed by atoms with Crippen molar-refractivity contribution in [2.45, 2.75) is 45.6 Å². The quantitative estimate of drug-likeness (QED) is 0.876. The van der Waals surface area contributed by atoms with Gasteiger partial charge in [-0.2, -0.15) is 0 Å². The van der Waals surface area contributed by atoms with Gasteiger partial charge in [0.15, 0.2) is 0 Å². The van der Waals surface area contributed by atoms with Crippen molar-refractivity contribution in [3.05, 3.63) is 29.8 Å². The summed E-state index contributed by atoms with van der Waals surface area (Å²) in [6.07, 6.45) is 2.05. The molecule has 2 rings (SSSR count). The fourth-order valence-corrected chi connectivity index (χ4v) is 2.44.